The molecule has 1 aromatic rings. The third kappa shape index (κ3) is 1.98. The molecule has 1 unspecified atom stereocenters. The number of benzene rings is 1. The fourth-order valence-corrected chi connectivity index (χ4v) is 2.35. The first kappa shape index (κ1) is 11.9. The summed E-state index contributed by atoms with van der Waals surface area (Å²) in [7, 11) is 0. The minimum atomic E-state index is -0.427. The van der Waals surface area contributed by atoms with Crippen LogP contribution in [0.1, 0.15) is 38.9 Å². The van der Waals surface area contributed by atoms with Crippen molar-refractivity contribution in [2.24, 2.45) is 5.92 Å². The van der Waals surface area contributed by atoms with Gasteiger partial charge in [-0.3, -0.25) is 0 Å². The standard InChI is InChI=1S/C13H17BrO2/c1-8(2)13(3)7-11(15)10-5-4-9(14)6-12(10)16-13/h4-6,8,11,15H,7H2,1-3H3/t11-,13?/m1/s1. The van der Waals surface area contributed by atoms with Crippen molar-refractivity contribution in [3.8, 4) is 5.75 Å². The molecule has 1 aliphatic heterocycles. The number of fused-ring (bicyclic) bond motifs is 1. The minimum Gasteiger partial charge on any atom is -0.487 e. The highest BCUT2D eigenvalue weighted by molar-refractivity contribution is 9.10. The maximum atomic E-state index is 10.1. The lowest BCUT2D eigenvalue weighted by Crippen LogP contribution is -2.42. The third-order valence-electron chi connectivity index (χ3n) is 3.50. The third-order valence-corrected chi connectivity index (χ3v) is 3.99. The molecule has 88 valence electrons. The zero-order chi connectivity index (χ0) is 11.9. The maximum Gasteiger partial charge on any atom is 0.127 e. The Kier molecular flexibility index (Phi) is 3.01. The van der Waals surface area contributed by atoms with Gasteiger partial charge in [0.05, 0.1) is 6.10 Å². The van der Waals surface area contributed by atoms with Crippen LogP contribution in [-0.2, 0) is 0 Å². The Bertz CT molecular complexity index is 403. The largest absolute Gasteiger partial charge is 0.487 e. The van der Waals surface area contributed by atoms with E-state index < -0.39 is 6.10 Å². The molecule has 1 N–H and O–H groups in total. The van der Waals surface area contributed by atoms with Crippen LogP contribution in [0.4, 0.5) is 0 Å². The monoisotopic (exact) mass is 284 g/mol. The fourth-order valence-electron chi connectivity index (χ4n) is 2.01. The molecule has 0 bridgehead atoms. The van der Waals surface area contributed by atoms with Gasteiger partial charge in [0.1, 0.15) is 11.4 Å². The maximum absolute atomic E-state index is 10.1. The number of halogens is 1. The Morgan fingerprint density at radius 2 is 2.19 bits per heavy atom. The Morgan fingerprint density at radius 1 is 1.50 bits per heavy atom. The van der Waals surface area contributed by atoms with Crippen LogP contribution in [0.15, 0.2) is 22.7 Å². The highest BCUT2D eigenvalue weighted by atomic mass is 79.9. The average Bonchev–Trinajstić information content (AvgIpc) is 2.16. The van der Waals surface area contributed by atoms with Gasteiger partial charge in [-0.1, -0.05) is 35.8 Å². The average molecular weight is 285 g/mol. The molecule has 3 heteroatoms. The zero-order valence-corrected chi connectivity index (χ0v) is 11.4. The minimum absolute atomic E-state index is 0.285. The van der Waals surface area contributed by atoms with Gasteiger partial charge in [0, 0.05) is 16.5 Å². The van der Waals surface area contributed by atoms with Crippen LogP contribution >= 0.6 is 15.9 Å². The summed E-state index contributed by atoms with van der Waals surface area (Å²) in [6.07, 6.45) is 0.225. The molecular weight excluding hydrogens is 268 g/mol. The molecule has 0 spiro atoms. The highest BCUT2D eigenvalue weighted by Crippen LogP contribution is 2.43. The molecule has 1 aromatic carbocycles. The molecule has 0 aromatic heterocycles. The van der Waals surface area contributed by atoms with Gasteiger partial charge in [-0.25, -0.2) is 0 Å². The topological polar surface area (TPSA) is 29.5 Å². The molecule has 16 heavy (non-hydrogen) atoms. The molecule has 0 aliphatic carbocycles. The van der Waals surface area contributed by atoms with E-state index in [2.05, 4.69) is 36.7 Å². The predicted molar refractivity (Wildman–Crippen MR) is 67.6 cm³/mol. The van der Waals surface area contributed by atoms with Crippen LogP contribution in [0.5, 0.6) is 5.75 Å². The molecular formula is C13H17BrO2. The van der Waals surface area contributed by atoms with Crippen LogP contribution in [0, 0.1) is 5.92 Å². The number of rotatable bonds is 1. The van der Waals surface area contributed by atoms with Gasteiger partial charge in [0.2, 0.25) is 0 Å². The van der Waals surface area contributed by atoms with Crippen molar-refractivity contribution in [3.63, 3.8) is 0 Å². The Morgan fingerprint density at radius 3 is 2.81 bits per heavy atom. The quantitative estimate of drug-likeness (QED) is 0.853. The second-order valence-corrected chi connectivity index (χ2v) is 5.89. The van der Waals surface area contributed by atoms with Crippen LogP contribution in [0.2, 0.25) is 0 Å². The SMILES string of the molecule is CC(C)C1(C)C[C@@H](O)c2ccc(Br)cc2O1. The summed E-state index contributed by atoms with van der Waals surface area (Å²) in [6, 6.07) is 5.78. The molecule has 0 saturated carbocycles. The molecule has 2 rings (SSSR count). The summed E-state index contributed by atoms with van der Waals surface area (Å²) in [4.78, 5) is 0. The van der Waals surface area contributed by atoms with E-state index in [9.17, 15) is 5.11 Å². The molecule has 0 amide bonds. The second-order valence-electron chi connectivity index (χ2n) is 4.97. The summed E-state index contributed by atoms with van der Waals surface area (Å²) in [5.74, 6) is 1.17. The van der Waals surface area contributed by atoms with E-state index in [1.165, 1.54) is 0 Å². The number of aliphatic hydroxyl groups excluding tert-OH is 1. The van der Waals surface area contributed by atoms with Crippen LogP contribution < -0.4 is 4.74 Å². The first-order valence-electron chi connectivity index (χ1n) is 5.59. The van der Waals surface area contributed by atoms with Crippen molar-refractivity contribution in [2.75, 3.05) is 0 Å². The number of hydrogen-bond acceptors (Lipinski definition) is 2. The molecule has 0 fully saturated rings. The summed E-state index contributed by atoms with van der Waals surface area (Å²) in [5, 5.41) is 10.1. The van der Waals surface area contributed by atoms with Gasteiger partial charge >= 0.3 is 0 Å². The lowest BCUT2D eigenvalue weighted by Gasteiger charge is -2.41. The Hall–Kier alpha value is -0.540. The number of hydrogen-bond donors (Lipinski definition) is 1. The summed E-state index contributed by atoms with van der Waals surface area (Å²) < 4.78 is 7.02. The first-order chi connectivity index (χ1) is 7.42. The molecule has 2 nitrogen and oxygen atoms in total. The van der Waals surface area contributed by atoms with Crippen molar-refractivity contribution in [1.29, 1.82) is 0 Å². The summed E-state index contributed by atoms with van der Waals surface area (Å²) in [6.45, 7) is 6.30. The van der Waals surface area contributed by atoms with E-state index >= 15 is 0 Å². The summed E-state index contributed by atoms with van der Waals surface area (Å²) in [5.41, 5.74) is 0.606. The summed E-state index contributed by atoms with van der Waals surface area (Å²) >= 11 is 3.42. The molecule has 0 radical (unpaired) electrons. The fraction of sp³-hybridized carbons (Fsp3) is 0.538. The normalized spacial score (nSPS) is 28.8. The van der Waals surface area contributed by atoms with Crippen molar-refractivity contribution < 1.29 is 9.84 Å². The lowest BCUT2D eigenvalue weighted by atomic mass is 9.82. The molecule has 0 saturated heterocycles. The van der Waals surface area contributed by atoms with Gasteiger partial charge in [0.15, 0.2) is 0 Å². The van der Waals surface area contributed by atoms with Crippen molar-refractivity contribution in [3.05, 3.63) is 28.2 Å². The number of aliphatic hydroxyl groups is 1. The van der Waals surface area contributed by atoms with Crippen molar-refractivity contribution >= 4 is 15.9 Å². The van der Waals surface area contributed by atoms with Crippen LogP contribution in [0.3, 0.4) is 0 Å². The molecule has 1 heterocycles. The van der Waals surface area contributed by atoms with E-state index in [1.807, 2.05) is 18.2 Å². The molecule has 2 atom stereocenters. The van der Waals surface area contributed by atoms with Crippen molar-refractivity contribution in [2.45, 2.75) is 38.9 Å². The van der Waals surface area contributed by atoms with Gasteiger partial charge in [-0.15, -0.1) is 0 Å². The Balaban J connectivity index is 2.42. The van der Waals surface area contributed by atoms with E-state index in [0.29, 0.717) is 12.3 Å². The number of ether oxygens (including phenoxy) is 1. The zero-order valence-electron chi connectivity index (χ0n) is 9.83. The second kappa shape index (κ2) is 4.04. The highest BCUT2D eigenvalue weighted by Gasteiger charge is 2.38. The smallest absolute Gasteiger partial charge is 0.127 e. The van der Waals surface area contributed by atoms with Crippen LogP contribution in [0.25, 0.3) is 0 Å². The van der Waals surface area contributed by atoms with E-state index in [0.717, 1.165) is 15.8 Å². The Labute approximate surface area is 105 Å². The predicted octanol–water partition coefficient (Wildman–Crippen LogP) is 3.68. The van der Waals surface area contributed by atoms with Gasteiger partial charge < -0.3 is 9.84 Å². The van der Waals surface area contributed by atoms with Crippen LogP contribution in [-0.4, -0.2) is 10.7 Å². The van der Waals surface area contributed by atoms with Gasteiger partial charge in [0.25, 0.3) is 0 Å². The van der Waals surface area contributed by atoms with E-state index in [4.69, 9.17) is 4.74 Å². The van der Waals surface area contributed by atoms with Gasteiger partial charge in [-0.2, -0.15) is 0 Å². The molecule has 1 aliphatic rings. The van der Waals surface area contributed by atoms with Crippen molar-refractivity contribution in [1.82, 2.24) is 0 Å². The van der Waals surface area contributed by atoms with E-state index in [-0.39, 0.29) is 5.60 Å². The van der Waals surface area contributed by atoms with Gasteiger partial charge in [-0.05, 0) is 25.0 Å². The van der Waals surface area contributed by atoms with E-state index in [1.54, 1.807) is 0 Å². The first-order valence-corrected chi connectivity index (χ1v) is 6.38. The lowest BCUT2D eigenvalue weighted by molar-refractivity contribution is -0.0322.